The van der Waals surface area contributed by atoms with Crippen LogP contribution in [0.5, 0.6) is 0 Å². The lowest BCUT2D eigenvalue weighted by atomic mass is 10.6. The van der Waals surface area contributed by atoms with Gasteiger partial charge in [0.1, 0.15) is 0 Å². The molecule has 1 aliphatic heterocycles. The first kappa shape index (κ1) is 2.64. The molecule has 5 heavy (non-hydrogen) atoms. The van der Waals surface area contributed by atoms with E-state index in [1.807, 2.05) is 12.2 Å². The van der Waals surface area contributed by atoms with E-state index in [9.17, 15) is 0 Å². The normalized spacial score (nSPS) is 17.6. The van der Waals surface area contributed by atoms with Crippen LogP contribution in [0.25, 0.3) is 0 Å². The zero-order valence-corrected chi connectivity index (χ0v) is 2.89. The molecule has 0 bridgehead atoms. The summed E-state index contributed by atoms with van der Waals surface area (Å²) in [6.07, 6.45) is 5.76. The first-order chi connectivity index (χ1) is 2.50. The third kappa shape index (κ3) is 0.349. The van der Waals surface area contributed by atoms with Gasteiger partial charge in [-0.05, 0) is 6.08 Å². The van der Waals surface area contributed by atoms with E-state index in [-0.39, 0.29) is 1.43 Å². The van der Waals surface area contributed by atoms with Gasteiger partial charge in [0.25, 0.3) is 0 Å². The highest BCUT2D eigenvalue weighted by Gasteiger charge is 1.72. The molecule has 0 aromatic carbocycles. The Labute approximate surface area is 32.5 Å². The molecule has 0 aliphatic carbocycles. The molecule has 1 heterocycles. The van der Waals surface area contributed by atoms with Gasteiger partial charge in [0.05, 0.1) is 6.54 Å². The van der Waals surface area contributed by atoms with Gasteiger partial charge in [-0.3, -0.25) is 4.99 Å². The molecule has 0 unspecified atom stereocenters. The van der Waals surface area contributed by atoms with Crippen molar-refractivity contribution in [3.63, 3.8) is 0 Å². The van der Waals surface area contributed by atoms with Gasteiger partial charge in [0.2, 0.25) is 0 Å². The zero-order chi connectivity index (χ0) is 3.54. The molecule has 0 saturated carbocycles. The van der Waals surface area contributed by atoms with E-state index >= 15 is 0 Å². The summed E-state index contributed by atoms with van der Waals surface area (Å²) < 4.78 is 0. The standard InChI is InChI=1S/C4H5N/c1-2-4-5-3-1/h1-3H,4H2/p+1. The predicted octanol–water partition coefficient (Wildman–Crippen LogP) is 0.740. The van der Waals surface area contributed by atoms with Crippen molar-refractivity contribution in [3.05, 3.63) is 12.2 Å². The van der Waals surface area contributed by atoms with Crippen molar-refractivity contribution in [2.24, 2.45) is 4.99 Å². The van der Waals surface area contributed by atoms with Crippen LogP contribution in [0.3, 0.4) is 0 Å². The summed E-state index contributed by atoms with van der Waals surface area (Å²) in [7, 11) is 0. The molecule has 26 valence electrons. The first-order valence-electron chi connectivity index (χ1n) is 1.65. The monoisotopic (exact) mass is 68.0 g/mol. The van der Waals surface area contributed by atoms with Crippen LogP contribution in [0, 0.1) is 0 Å². The summed E-state index contributed by atoms with van der Waals surface area (Å²) in [4.78, 5) is 3.85. The van der Waals surface area contributed by atoms with Crippen LogP contribution in [0.1, 0.15) is 1.43 Å². The van der Waals surface area contributed by atoms with E-state index in [1.165, 1.54) is 0 Å². The van der Waals surface area contributed by atoms with Crippen molar-refractivity contribution in [3.8, 4) is 0 Å². The molecule has 0 saturated heterocycles. The van der Waals surface area contributed by atoms with Crippen molar-refractivity contribution >= 4 is 6.21 Å². The van der Waals surface area contributed by atoms with Gasteiger partial charge in [-0.25, -0.2) is 0 Å². The molecule has 0 amide bonds. The van der Waals surface area contributed by atoms with Crippen LogP contribution in [0.15, 0.2) is 17.1 Å². The average molecular weight is 68.1 g/mol. The Kier molecular flexibility index (Phi) is 0.537. The van der Waals surface area contributed by atoms with E-state index < -0.39 is 0 Å². The van der Waals surface area contributed by atoms with Crippen molar-refractivity contribution in [2.45, 2.75) is 0 Å². The minimum atomic E-state index is 0. The molecular weight excluding hydrogens is 62.1 g/mol. The minimum absolute atomic E-state index is 0. The van der Waals surface area contributed by atoms with Gasteiger partial charge < -0.3 is 0 Å². The average Bonchev–Trinajstić information content (AvgIpc) is 1.76. The topological polar surface area (TPSA) is 12.4 Å². The SMILES string of the molecule is C1=CCN=C1.[H+]. The maximum atomic E-state index is 3.85. The third-order valence-electron chi connectivity index (χ3n) is 0.538. The largest absolute Gasteiger partial charge is 1.00 e. The summed E-state index contributed by atoms with van der Waals surface area (Å²) in [6.45, 7) is 0.889. The molecule has 1 aliphatic rings. The van der Waals surface area contributed by atoms with Gasteiger partial charge >= 0.3 is 1.43 Å². The first-order valence-corrected chi connectivity index (χ1v) is 1.65. The minimum Gasteiger partial charge on any atom is -0.289 e. The van der Waals surface area contributed by atoms with E-state index in [0.717, 1.165) is 6.54 Å². The molecule has 0 N–H and O–H groups in total. The Morgan fingerprint density at radius 3 is 3.00 bits per heavy atom. The Bertz CT molecular complexity index is 65.6. The number of aliphatic imine (C=N–C) groups is 1. The fourth-order valence-electron chi connectivity index (χ4n) is 0.304. The fraction of sp³-hybridized carbons (Fsp3) is 0.250. The summed E-state index contributed by atoms with van der Waals surface area (Å²) in [5.41, 5.74) is 0. The Morgan fingerprint density at radius 1 is 1.80 bits per heavy atom. The second kappa shape index (κ2) is 1.02. The molecule has 0 fully saturated rings. The Morgan fingerprint density at radius 2 is 2.80 bits per heavy atom. The highest BCUT2D eigenvalue weighted by atomic mass is 14.7. The third-order valence-corrected chi connectivity index (χ3v) is 0.538. The summed E-state index contributed by atoms with van der Waals surface area (Å²) >= 11 is 0. The van der Waals surface area contributed by atoms with Gasteiger partial charge in [-0.2, -0.15) is 0 Å². The van der Waals surface area contributed by atoms with Gasteiger partial charge in [-0.15, -0.1) is 0 Å². The van der Waals surface area contributed by atoms with Crippen LogP contribution >= 0.6 is 0 Å². The lowest BCUT2D eigenvalue weighted by Gasteiger charge is -1.60. The van der Waals surface area contributed by atoms with Crippen molar-refractivity contribution in [1.82, 2.24) is 0 Å². The van der Waals surface area contributed by atoms with Crippen molar-refractivity contribution in [1.29, 1.82) is 0 Å². The molecule has 1 heteroatoms. The fourth-order valence-corrected chi connectivity index (χ4v) is 0.304. The molecule has 0 radical (unpaired) electrons. The molecule has 0 aromatic heterocycles. The number of nitrogens with zero attached hydrogens (tertiary/aromatic N) is 1. The van der Waals surface area contributed by atoms with Gasteiger partial charge in [-0.1, -0.05) is 6.08 Å². The molecule has 0 spiro atoms. The number of hydrogen-bond acceptors (Lipinski definition) is 1. The quantitative estimate of drug-likeness (QED) is 0.397. The molecule has 1 nitrogen and oxygen atoms in total. The van der Waals surface area contributed by atoms with Crippen molar-refractivity contribution < 1.29 is 1.43 Å². The number of rotatable bonds is 0. The smallest absolute Gasteiger partial charge is 0.289 e. The maximum Gasteiger partial charge on any atom is 1.00 e. The molecule has 0 aromatic rings. The van der Waals surface area contributed by atoms with Crippen LogP contribution in [0.2, 0.25) is 0 Å². The Balaban J connectivity index is 0.000000250. The summed E-state index contributed by atoms with van der Waals surface area (Å²) in [5, 5.41) is 0. The van der Waals surface area contributed by atoms with E-state index in [0.29, 0.717) is 0 Å². The van der Waals surface area contributed by atoms with E-state index in [1.54, 1.807) is 6.21 Å². The second-order valence-electron chi connectivity index (χ2n) is 0.942. The maximum absolute atomic E-state index is 3.85. The van der Waals surface area contributed by atoms with E-state index in [4.69, 9.17) is 0 Å². The Hall–Kier alpha value is -0.590. The molecule has 1 rings (SSSR count). The second-order valence-corrected chi connectivity index (χ2v) is 0.942. The highest BCUT2D eigenvalue weighted by molar-refractivity contribution is 5.73. The highest BCUT2D eigenvalue weighted by Crippen LogP contribution is 1.78. The van der Waals surface area contributed by atoms with Gasteiger partial charge in [0.15, 0.2) is 0 Å². The van der Waals surface area contributed by atoms with Crippen LogP contribution in [0.4, 0.5) is 0 Å². The van der Waals surface area contributed by atoms with Crippen LogP contribution < -0.4 is 0 Å². The van der Waals surface area contributed by atoms with Crippen LogP contribution in [-0.2, 0) is 0 Å². The number of allylic oxidation sites excluding steroid dienone is 1. The van der Waals surface area contributed by atoms with Crippen molar-refractivity contribution in [2.75, 3.05) is 6.54 Å². The summed E-state index contributed by atoms with van der Waals surface area (Å²) in [6, 6.07) is 0. The summed E-state index contributed by atoms with van der Waals surface area (Å²) in [5.74, 6) is 0. The zero-order valence-electron chi connectivity index (χ0n) is 3.89. The van der Waals surface area contributed by atoms with Gasteiger partial charge in [0, 0.05) is 6.21 Å². The molecular formula is C4H6N+. The lowest BCUT2D eigenvalue weighted by Crippen LogP contribution is -1.54. The van der Waals surface area contributed by atoms with Crippen LogP contribution in [-0.4, -0.2) is 12.8 Å². The lowest BCUT2D eigenvalue weighted by molar-refractivity contribution is 1.29. The predicted molar refractivity (Wildman–Crippen MR) is 23.6 cm³/mol. The van der Waals surface area contributed by atoms with E-state index in [2.05, 4.69) is 4.99 Å². The number of hydrogen-bond donors (Lipinski definition) is 0. The molecule has 0 atom stereocenters.